The van der Waals surface area contributed by atoms with Gasteiger partial charge in [0, 0.05) is 5.69 Å². The lowest BCUT2D eigenvalue weighted by atomic mass is 9.98. The maximum absolute atomic E-state index is 13.0. The predicted molar refractivity (Wildman–Crippen MR) is 71.1 cm³/mol. The lowest BCUT2D eigenvalue weighted by molar-refractivity contribution is -0.131. The minimum Gasteiger partial charge on any atom is -0.398 e. The minimum absolute atomic E-state index is 0.0819. The number of nitrogens with one attached hydrogen (secondary N) is 1. The van der Waals surface area contributed by atoms with Crippen molar-refractivity contribution in [1.82, 2.24) is 10.2 Å². The molecule has 1 aliphatic carbocycles. The van der Waals surface area contributed by atoms with Gasteiger partial charge in [-0.15, -0.1) is 0 Å². The first-order valence-electron chi connectivity index (χ1n) is 6.70. The number of nitrogens with two attached hydrogens (primary N) is 1. The number of carbonyl (C=O) groups excluding carboxylic acids is 2. The van der Waals surface area contributed by atoms with Crippen LogP contribution in [-0.4, -0.2) is 22.4 Å². The van der Waals surface area contributed by atoms with Gasteiger partial charge in [-0.05, 0) is 30.5 Å². The van der Waals surface area contributed by atoms with Gasteiger partial charge in [-0.25, -0.2) is 9.18 Å². The van der Waals surface area contributed by atoms with E-state index >= 15 is 0 Å². The molecule has 0 bridgehead atoms. The van der Waals surface area contributed by atoms with Crippen molar-refractivity contribution in [2.75, 3.05) is 5.73 Å². The second kappa shape index (κ2) is 4.47. The standard InChI is InChI=1S/C14H16FN3O2/c15-10-4-3-9(11(16)7-10)8-18-12(19)14(17-13(18)20)5-1-2-6-14/h3-4,7H,1-2,5-6,8,16H2,(H,17,20). The van der Waals surface area contributed by atoms with Crippen LogP contribution in [0.5, 0.6) is 0 Å². The van der Waals surface area contributed by atoms with Crippen LogP contribution >= 0.6 is 0 Å². The predicted octanol–water partition coefficient (Wildman–Crippen LogP) is 1.77. The van der Waals surface area contributed by atoms with Gasteiger partial charge < -0.3 is 11.1 Å². The van der Waals surface area contributed by atoms with Crippen LogP contribution in [0.15, 0.2) is 18.2 Å². The molecular weight excluding hydrogens is 261 g/mol. The largest absolute Gasteiger partial charge is 0.398 e. The SMILES string of the molecule is Nc1cc(F)ccc1CN1C(=O)NC2(CCCC2)C1=O. The Morgan fingerprint density at radius 2 is 2.00 bits per heavy atom. The maximum atomic E-state index is 13.0. The van der Waals surface area contributed by atoms with E-state index in [0.29, 0.717) is 18.4 Å². The Morgan fingerprint density at radius 3 is 2.65 bits per heavy atom. The summed E-state index contributed by atoms with van der Waals surface area (Å²) in [6.45, 7) is 0.0819. The molecule has 1 heterocycles. The second-order valence-electron chi connectivity index (χ2n) is 5.45. The Morgan fingerprint density at radius 1 is 1.30 bits per heavy atom. The van der Waals surface area contributed by atoms with Crippen molar-refractivity contribution in [3.63, 3.8) is 0 Å². The second-order valence-corrected chi connectivity index (χ2v) is 5.45. The number of urea groups is 1. The Balaban J connectivity index is 1.84. The molecule has 1 saturated carbocycles. The fourth-order valence-corrected chi connectivity index (χ4v) is 3.02. The van der Waals surface area contributed by atoms with Crippen molar-refractivity contribution in [2.24, 2.45) is 0 Å². The van der Waals surface area contributed by atoms with Crippen molar-refractivity contribution in [2.45, 2.75) is 37.8 Å². The first kappa shape index (κ1) is 12.9. The van der Waals surface area contributed by atoms with Gasteiger partial charge in [-0.1, -0.05) is 18.9 Å². The van der Waals surface area contributed by atoms with Gasteiger partial charge >= 0.3 is 6.03 Å². The average Bonchev–Trinajstić information content (AvgIpc) is 2.94. The summed E-state index contributed by atoms with van der Waals surface area (Å²) in [6, 6.07) is 3.58. The minimum atomic E-state index is -0.716. The van der Waals surface area contributed by atoms with Gasteiger partial charge in [0.05, 0.1) is 6.54 Å². The number of rotatable bonds is 2. The molecule has 3 rings (SSSR count). The molecule has 0 radical (unpaired) electrons. The smallest absolute Gasteiger partial charge is 0.325 e. The molecular formula is C14H16FN3O2. The quantitative estimate of drug-likeness (QED) is 0.639. The highest BCUT2D eigenvalue weighted by Crippen LogP contribution is 2.35. The van der Waals surface area contributed by atoms with Gasteiger partial charge in [0.1, 0.15) is 11.4 Å². The summed E-state index contributed by atoms with van der Waals surface area (Å²) in [5.41, 5.74) is 5.83. The van der Waals surface area contributed by atoms with Gasteiger partial charge in [-0.2, -0.15) is 0 Å². The molecule has 3 amide bonds. The maximum Gasteiger partial charge on any atom is 0.325 e. The van der Waals surface area contributed by atoms with Gasteiger partial charge in [0.15, 0.2) is 0 Å². The number of nitrogens with zero attached hydrogens (tertiary/aromatic N) is 1. The molecule has 2 aliphatic rings. The lowest BCUT2D eigenvalue weighted by Crippen LogP contribution is -2.44. The fraction of sp³-hybridized carbons (Fsp3) is 0.429. The van der Waals surface area contributed by atoms with Crippen molar-refractivity contribution in [3.05, 3.63) is 29.6 Å². The van der Waals surface area contributed by atoms with E-state index in [9.17, 15) is 14.0 Å². The number of halogens is 1. The number of carbonyl (C=O) groups is 2. The topological polar surface area (TPSA) is 75.4 Å². The van der Waals surface area contributed by atoms with Crippen LogP contribution in [0, 0.1) is 5.82 Å². The Bertz CT molecular complexity index is 582. The van der Waals surface area contributed by atoms with Gasteiger partial charge in [-0.3, -0.25) is 9.69 Å². The van der Waals surface area contributed by atoms with Crippen molar-refractivity contribution < 1.29 is 14.0 Å². The number of hydrogen-bond acceptors (Lipinski definition) is 3. The molecule has 0 unspecified atom stereocenters. The van der Waals surface area contributed by atoms with Crippen LogP contribution in [0.4, 0.5) is 14.9 Å². The zero-order valence-corrected chi connectivity index (χ0v) is 11.0. The van der Waals surface area contributed by atoms with E-state index in [1.807, 2.05) is 0 Å². The number of imide groups is 1. The molecule has 0 atom stereocenters. The van der Waals surface area contributed by atoms with E-state index in [-0.39, 0.29) is 24.2 Å². The van der Waals surface area contributed by atoms with E-state index in [0.717, 1.165) is 12.8 Å². The molecule has 1 saturated heterocycles. The molecule has 1 aliphatic heterocycles. The fourth-order valence-electron chi connectivity index (χ4n) is 3.02. The van der Waals surface area contributed by atoms with E-state index in [1.54, 1.807) is 0 Å². The molecule has 20 heavy (non-hydrogen) atoms. The zero-order chi connectivity index (χ0) is 14.3. The molecule has 1 spiro atoms. The third-order valence-electron chi connectivity index (χ3n) is 4.14. The number of benzene rings is 1. The lowest BCUT2D eigenvalue weighted by Gasteiger charge is -2.20. The summed E-state index contributed by atoms with van der Waals surface area (Å²) < 4.78 is 13.0. The third-order valence-corrected chi connectivity index (χ3v) is 4.14. The normalized spacial score (nSPS) is 20.8. The van der Waals surface area contributed by atoms with Crippen LogP contribution in [0.1, 0.15) is 31.2 Å². The molecule has 3 N–H and O–H groups in total. The average molecular weight is 277 g/mol. The summed E-state index contributed by atoms with van der Waals surface area (Å²) in [5.74, 6) is -0.626. The first-order chi connectivity index (χ1) is 9.52. The molecule has 0 aromatic heterocycles. The van der Waals surface area contributed by atoms with E-state index in [4.69, 9.17) is 5.73 Å². The molecule has 1 aromatic rings. The highest BCUT2D eigenvalue weighted by molar-refractivity contribution is 6.07. The van der Waals surface area contributed by atoms with Crippen LogP contribution < -0.4 is 11.1 Å². The monoisotopic (exact) mass is 277 g/mol. The number of amides is 3. The van der Waals surface area contributed by atoms with E-state index in [2.05, 4.69) is 5.32 Å². The van der Waals surface area contributed by atoms with E-state index in [1.165, 1.54) is 23.1 Å². The summed E-state index contributed by atoms with van der Waals surface area (Å²) >= 11 is 0. The summed E-state index contributed by atoms with van der Waals surface area (Å²) in [5, 5.41) is 2.80. The number of nitrogen functional groups attached to an aromatic ring is 1. The molecule has 2 fully saturated rings. The molecule has 6 heteroatoms. The van der Waals surface area contributed by atoms with Crippen LogP contribution in [0.3, 0.4) is 0 Å². The Kier molecular flexibility index (Phi) is 2.88. The van der Waals surface area contributed by atoms with Gasteiger partial charge in [0.2, 0.25) is 0 Å². The van der Waals surface area contributed by atoms with Crippen LogP contribution in [0.25, 0.3) is 0 Å². The summed E-state index contributed by atoms with van der Waals surface area (Å²) in [4.78, 5) is 25.6. The van der Waals surface area contributed by atoms with Crippen LogP contribution in [-0.2, 0) is 11.3 Å². The summed E-state index contributed by atoms with van der Waals surface area (Å²) in [6.07, 6.45) is 3.26. The zero-order valence-electron chi connectivity index (χ0n) is 11.0. The summed E-state index contributed by atoms with van der Waals surface area (Å²) in [7, 11) is 0. The molecule has 106 valence electrons. The molecule has 1 aromatic carbocycles. The number of anilines is 1. The van der Waals surface area contributed by atoms with Crippen molar-refractivity contribution in [3.8, 4) is 0 Å². The third kappa shape index (κ3) is 1.92. The first-order valence-corrected chi connectivity index (χ1v) is 6.70. The highest BCUT2D eigenvalue weighted by atomic mass is 19.1. The van der Waals surface area contributed by atoms with Crippen molar-refractivity contribution >= 4 is 17.6 Å². The van der Waals surface area contributed by atoms with Crippen molar-refractivity contribution in [1.29, 1.82) is 0 Å². The van der Waals surface area contributed by atoms with E-state index < -0.39 is 11.4 Å². The molecule has 5 nitrogen and oxygen atoms in total. The van der Waals surface area contributed by atoms with Gasteiger partial charge in [0.25, 0.3) is 5.91 Å². The number of hydrogen-bond donors (Lipinski definition) is 2. The Labute approximate surface area is 115 Å². The van der Waals surface area contributed by atoms with Crippen LogP contribution in [0.2, 0.25) is 0 Å². The Hall–Kier alpha value is -2.11. The highest BCUT2D eigenvalue weighted by Gasteiger charge is 2.52.